The Morgan fingerprint density at radius 2 is 1.97 bits per heavy atom. The number of carbonyl (C=O) groups excluding carboxylic acids is 1. The number of benzene rings is 2. The van der Waals surface area contributed by atoms with Crippen LogP contribution in [0, 0.1) is 0 Å². The maximum absolute atomic E-state index is 12.4. The number of aromatic hydroxyl groups is 1. The van der Waals surface area contributed by atoms with Gasteiger partial charge in [-0.1, -0.05) is 24.3 Å². The first kappa shape index (κ1) is 23.7. The molecule has 2 N–H and O–H groups in total. The highest BCUT2D eigenvalue weighted by Crippen LogP contribution is 2.24. The summed E-state index contributed by atoms with van der Waals surface area (Å²) in [6.45, 7) is 3.89. The third kappa shape index (κ3) is 6.78. The van der Waals surface area contributed by atoms with Gasteiger partial charge in [0, 0.05) is 43.6 Å². The van der Waals surface area contributed by atoms with Gasteiger partial charge in [0.1, 0.15) is 23.5 Å². The fourth-order valence-electron chi connectivity index (χ4n) is 4.37. The van der Waals surface area contributed by atoms with E-state index in [1.807, 2.05) is 48.8 Å². The quantitative estimate of drug-likeness (QED) is 0.591. The lowest BCUT2D eigenvalue weighted by molar-refractivity contribution is -0.121. The number of nitrogens with one attached hydrogen (secondary N) is 1. The molecule has 2 heterocycles. The van der Waals surface area contributed by atoms with Gasteiger partial charge >= 0.3 is 0 Å². The second kappa shape index (κ2) is 11.6. The molecular formula is C27H33N3O4. The number of ether oxygens (including phenoxy) is 2. The Morgan fingerprint density at radius 1 is 1.15 bits per heavy atom. The van der Waals surface area contributed by atoms with Gasteiger partial charge < -0.3 is 29.7 Å². The molecule has 0 spiro atoms. The third-order valence-electron chi connectivity index (χ3n) is 6.20. The first-order chi connectivity index (χ1) is 16.6. The molecule has 1 saturated heterocycles. The smallest absolute Gasteiger partial charge is 0.224 e. The van der Waals surface area contributed by atoms with E-state index in [0.29, 0.717) is 6.42 Å². The number of piperidine rings is 1. The number of hydrogen-bond donors (Lipinski definition) is 2. The van der Waals surface area contributed by atoms with Gasteiger partial charge in [-0.2, -0.15) is 0 Å². The van der Waals surface area contributed by atoms with Crippen molar-refractivity contribution in [3.05, 3.63) is 78.3 Å². The van der Waals surface area contributed by atoms with Crippen LogP contribution in [0.2, 0.25) is 0 Å². The van der Waals surface area contributed by atoms with E-state index in [9.17, 15) is 9.90 Å². The van der Waals surface area contributed by atoms with Crippen LogP contribution in [0.5, 0.6) is 11.5 Å². The van der Waals surface area contributed by atoms with Gasteiger partial charge in [0.2, 0.25) is 5.91 Å². The van der Waals surface area contributed by atoms with E-state index >= 15 is 0 Å². The van der Waals surface area contributed by atoms with Crippen LogP contribution in [0.1, 0.15) is 30.4 Å². The third-order valence-corrected chi connectivity index (χ3v) is 6.20. The standard InChI is InChI=1S/C27H33N3O4/c1-33-25-8-2-5-21(17-25)18-27(32)28-23-9-13-29(14-10-23)11-4-12-30-15-16-34-26(20-30)22-6-3-7-24(31)19-22/h2-3,5-8,15-17,19-20,23,31H,4,9-14,18H2,1H3,(H,28,32). The van der Waals surface area contributed by atoms with E-state index in [1.54, 1.807) is 25.5 Å². The van der Waals surface area contributed by atoms with Crippen molar-refractivity contribution in [1.82, 2.24) is 15.1 Å². The second-order valence-corrected chi connectivity index (χ2v) is 8.75. The second-order valence-electron chi connectivity index (χ2n) is 8.75. The Labute approximate surface area is 201 Å². The molecule has 1 amide bonds. The summed E-state index contributed by atoms with van der Waals surface area (Å²) in [5.41, 5.74) is 1.82. The molecule has 0 saturated carbocycles. The molecule has 2 aliphatic heterocycles. The van der Waals surface area contributed by atoms with Crippen molar-refractivity contribution in [3.63, 3.8) is 0 Å². The summed E-state index contributed by atoms with van der Waals surface area (Å²) in [7, 11) is 1.63. The number of nitrogens with zero attached hydrogens (tertiary/aromatic N) is 2. The maximum Gasteiger partial charge on any atom is 0.224 e. The molecular weight excluding hydrogens is 430 g/mol. The lowest BCUT2D eigenvalue weighted by atomic mass is 10.0. The van der Waals surface area contributed by atoms with E-state index in [0.717, 1.165) is 68.1 Å². The molecule has 1 fully saturated rings. The van der Waals surface area contributed by atoms with Gasteiger partial charge in [-0.15, -0.1) is 0 Å². The molecule has 180 valence electrons. The number of amides is 1. The molecule has 0 bridgehead atoms. The highest BCUT2D eigenvalue weighted by molar-refractivity contribution is 5.79. The maximum atomic E-state index is 12.4. The molecule has 4 rings (SSSR count). The summed E-state index contributed by atoms with van der Waals surface area (Å²) in [6.07, 6.45) is 8.93. The van der Waals surface area contributed by atoms with E-state index < -0.39 is 0 Å². The van der Waals surface area contributed by atoms with Crippen LogP contribution in [0.3, 0.4) is 0 Å². The SMILES string of the molecule is COc1cccc(CC(=O)NC2CCN(CCCN3C=COC(c4cccc(O)c4)=C3)CC2)c1. The summed E-state index contributed by atoms with van der Waals surface area (Å²) in [5.74, 6) is 1.80. The Balaban J connectivity index is 1.16. The van der Waals surface area contributed by atoms with Crippen molar-refractivity contribution >= 4 is 11.7 Å². The van der Waals surface area contributed by atoms with Gasteiger partial charge in [0.15, 0.2) is 0 Å². The van der Waals surface area contributed by atoms with Crippen LogP contribution >= 0.6 is 0 Å². The number of hydrogen-bond acceptors (Lipinski definition) is 6. The zero-order chi connectivity index (χ0) is 23.8. The van der Waals surface area contributed by atoms with Crippen LogP contribution in [0.4, 0.5) is 0 Å². The summed E-state index contributed by atoms with van der Waals surface area (Å²) in [5, 5.41) is 12.9. The van der Waals surface area contributed by atoms with Crippen molar-refractivity contribution in [2.75, 3.05) is 33.3 Å². The summed E-state index contributed by atoms with van der Waals surface area (Å²) in [6, 6.07) is 15.0. The first-order valence-corrected chi connectivity index (χ1v) is 11.8. The number of carbonyl (C=O) groups is 1. The van der Waals surface area contributed by atoms with Crippen LogP contribution in [-0.4, -0.2) is 60.1 Å². The van der Waals surface area contributed by atoms with E-state index in [-0.39, 0.29) is 17.7 Å². The minimum absolute atomic E-state index is 0.0696. The van der Waals surface area contributed by atoms with E-state index in [1.165, 1.54) is 0 Å². The Bertz CT molecular complexity index is 1030. The highest BCUT2D eigenvalue weighted by atomic mass is 16.5. The Morgan fingerprint density at radius 3 is 2.76 bits per heavy atom. The monoisotopic (exact) mass is 463 g/mol. The van der Waals surface area contributed by atoms with Crippen molar-refractivity contribution in [2.24, 2.45) is 0 Å². The minimum atomic E-state index is 0.0696. The van der Waals surface area contributed by atoms with Gasteiger partial charge in [0.25, 0.3) is 0 Å². The van der Waals surface area contributed by atoms with Gasteiger partial charge in [0.05, 0.1) is 13.5 Å². The lowest BCUT2D eigenvalue weighted by Gasteiger charge is -2.32. The first-order valence-electron chi connectivity index (χ1n) is 11.8. The molecule has 0 aliphatic carbocycles. The number of phenols is 1. The van der Waals surface area contributed by atoms with Crippen molar-refractivity contribution < 1.29 is 19.4 Å². The molecule has 34 heavy (non-hydrogen) atoms. The van der Waals surface area contributed by atoms with Crippen LogP contribution in [0.25, 0.3) is 5.76 Å². The number of phenolic OH excluding ortho intramolecular Hbond substituents is 1. The topological polar surface area (TPSA) is 74.3 Å². The fraction of sp³-hybridized carbons (Fsp3) is 0.370. The molecule has 7 nitrogen and oxygen atoms in total. The predicted molar refractivity (Wildman–Crippen MR) is 132 cm³/mol. The molecule has 0 unspecified atom stereocenters. The molecule has 2 aliphatic rings. The minimum Gasteiger partial charge on any atom is -0.508 e. The number of likely N-dealkylation sites (tertiary alicyclic amines) is 1. The zero-order valence-corrected chi connectivity index (χ0v) is 19.7. The van der Waals surface area contributed by atoms with Gasteiger partial charge in [-0.05, 0) is 55.6 Å². The molecule has 0 aromatic heterocycles. The lowest BCUT2D eigenvalue weighted by Crippen LogP contribution is -2.45. The fourth-order valence-corrected chi connectivity index (χ4v) is 4.37. The van der Waals surface area contributed by atoms with Crippen molar-refractivity contribution in [1.29, 1.82) is 0 Å². The molecule has 0 atom stereocenters. The van der Waals surface area contributed by atoms with Gasteiger partial charge in [-0.3, -0.25) is 4.79 Å². The predicted octanol–water partition coefficient (Wildman–Crippen LogP) is 3.72. The van der Waals surface area contributed by atoms with E-state index in [2.05, 4.69) is 15.1 Å². The Kier molecular flexibility index (Phi) is 8.09. The van der Waals surface area contributed by atoms with Gasteiger partial charge in [-0.25, -0.2) is 0 Å². The molecule has 7 heteroatoms. The van der Waals surface area contributed by atoms with Crippen LogP contribution < -0.4 is 10.1 Å². The summed E-state index contributed by atoms with van der Waals surface area (Å²) >= 11 is 0. The highest BCUT2D eigenvalue weighted by Gasteiger charge is 2.21. The molecule has 2 aromatic carbocycles. The summed E-state index contributed by atoms with van der Waals surface area (Å²) < 4.78 is 10.9. The molecule has 2 aromatic rings. The van der Waals surface area contributed by atoms with Crippen LogP contribution in [-0.2, 0) is 16.0 Å². The van der Waals surface area contributed by atoms with Crippen molar-refractivity contribution in [3.8, 4) is 11.5 Å². The summed E-state index contributed by atoms with van der Waals surface area (Å²) in [4.78, 5) is 17.0. The number of methoxy groups -OCH3 is 1. The van der Waals surface area contributed by atoms with E-state index in [4.69, 9.17) is 9.47 Å². The average Bonchev–Trinajstić information content (AvgIpc) is 2.85. The Hall–Kier alpha value is -3.45. The zero-order valence-electron chi connectivity index (χ0n) is 19.7. The van der Waals surface area contributed by atoms with Crippen LogP contribution in [0.15, 0.2) is 67.2 Å². The average molecular weight is 464 g/mol. The number of rotatable bonds is 9. The molecule has 0 radical (unpaired) electrons. The normalized spacial score (nSPS) is 16.6. The van der Waals surface area contributed by atoms with Crippen molar-refractivity contribution in [2.45, 2.75) is 31.7 Å². The largest absolute Gasteiger partial charge is 0.508 e.